The van der Waals surface area contributed by atoms with Gasteiger partial charge in [0.05, 0.1) is 4.47 Å². The first kappa shape index (κ1) is 13.7. The Balaban J connectivity index is 2.18. The van der Waals surface area contributed by atoms with Crippen LogP contribution < -0.4 is 0 Å². The monoisotopic (exact) mass is 329 g/mol. The summed E-state index contributed by atoms with van der Waals surface area (Å²) in [5.41, 5.74) is 0.540. The Bertz CT molecular complexity index is 476. The third-order valence-electron chi connectivity index (χ3n) is 2.91. The highest BCUT2D eigenvalue weighted by molar-refractivity contribution is 9.10. The zero-order valence-electron chi connectivity index (χ0n) is 10.4. The van der Waals surface area contributed by atoms with E-state index in [9.17, 15) is 9.90 Å². The molecule has 18 heavy (non-hydrogen) atoms. The molecule has 1 aliphatic heterocycles. The number of rotatable bonds is 1. The van der Waals surface area contributed by atoms with E-state index in [4.69, 9.17) is 0 Å². The molecule has 5 heteroatoms. The van der Waals surface area contributed by atoms with E-state index in [0.717, 1.165) is 18.8 Å². The lowest BCUT2D eigenvalue weighted by Crippen LogP contribution is -2.46. The summed E-state index contributed by atoms with van der Waals surface area (Å²) in [6.45, 7) is 5.81. The number of phenols is 1. The molecule has 0 saturated carbocycles. The number of aromatic hydroxyl groups is 1. The van der Waals surface area contributed by atoms with Crippen molar-refractivity contribution in [2.45, 2.75) is 18.6 Å². The molecule has 1 aromatic carbocycles. The maximum Gasteiger partial charge on any atom is 0.254 e. The fraction of sp³-hybridized carbons (Fsp3) is 0.462. The lowest BCUT2D eigenvalue weighted by molar-refractivity contribution is 0.0747. The summed E-state index contributed by atoms with van der Waals surface area (Å²) >= 11 is 5.11. The van der Waals surface area contributed by atoms with Crippen LogP contribution in [-0.4, -0.2) is 39.5 Å². The van der Waals surface area contributed by atoms with Crippen molar-refractivity contribution < 1.29 is 9.90 Å². The number of hydrogen-bond donors (Lipinski definition) is 1. The highest BCUT2D eigenvalue weighted by Crippen LogP contribution is 2.31. The van der Waals surface area contributed by atoms with Crippen LogP contribution in [0.25, 0.3) is 0 Å². The topological polar surface area (TPSA) is 40.5 Å². The number of benzene rings is 1. The number of amides is 1. The highest BCUT2D eigenvalue weighted by Gasteiger charge is 2.30. The van der Waals surface area contributed by atoms with Gasteiger partial charge in [-0.1, -0.05) is 0 Å². The Morgan fingerprint density at radius 1 is 1.50 bits per heavy atom. The standard InChI is InChI=1S/C13H16BrNO2S/c1-13(2)8-15(5-6-18-13)12(17)9-3-4-10(14)11(16)7-9/h3-4,7,16H,5-6,8H2,1-2H3. The number of carbonyl (C=O) groups excluding carboxylic acids is 1. The Morgan fingerprint density at radius 2 is 2.22 bits per heavy atom. The number of carbonyl (C=O) groups is 1. The largest absolute Gasteiger partial charge is 0.507 e. The molecule has 3 nitrogen and oxygen atoms in total. The van der Waals surface area contributed by atoms with Gasteiger partial charge in [0.25, 0.3) is 5.91 Å². The van der Waals surface area contributed by atoms with Gasteiger partial charge in [-0.3, -0.25) is 4.79 Å². The van der Waals surface area contributed by atoms with Crippen molar-refractivity contribution in [1.82, 2.24) is 4.90 Å². The van der Waals surface area contributed by atoms with Gasteiger partial charge >= 0.3 is 0 Å². The second-order valence-electron chi connectivity index (χ2n) is 5.00. The average molecular weight is 330 g/mol. The summed E-state index contributed by atoms with van der Waals surface area (Å²) in [6.07, 6.45) is 0. The maximum atomic E-state index is 12.3. The molecule has 0 bridgehead atoms. The summed E-state index contributed by atoms with van der Waals surface area (Å²) in [5.74, 6) is 1.05. The summed E-state index contributed by atoms with van der Waals surface area (Å²) in [6, 6.07) is 4.95. The van der Waals surface area contributed by atoms with Crippen LogP contribution in [0, 0.1) is 0 Å². The second-order valence-corrected chi connectivity index (χ2v) is 7.66. The third kappa shape index (κ3) is 3.01. The van der Waals surface area contributed by atoms with Gasteiger partial charge in [0.1, 0.15) is 5.75 Å². The first-order valence-electron chi connectivity index (χ1n) is 5.81. The molecule has 0 radical (unpaired) electrons. The van der Waals surface area contributed by atoms with Crippen LogP contribution in [0.1, 0.15) is 24.2 Å². The second kappa shape index (κ2) is 5.13. The Hall–Kier alpha value is -0.680. The fourth-order valence-corrected chi connectivity index (χ4v) is 3.38. The number of phenolic OH excluding ortho intramolecular Hbond substituents is 1. The molecule has 1 aromatic rings. The van der Waals surface area contributed by atoms with E-state index in [-0.39, 0.29) is 16.4 Å². The number of halogens is 1. The van der Waals surface area contributed by atoms with Crippen molar-refractivity contribution in [3.63, 3.8) is 0 Å². The zero-order chi connectivity index (χ0) is 13.3. The molecule has 1 fully saturated rings. The Morgan fingerprint density at radius 3 is 2.83 bits per heavy atom. The number of nitrogens with zero attached hydrogens (tertiary/aromatic N) is 1. The van der Waals surface area contributed by atoms with Gasteiger partial charge in [0, 0.05) is 29.2 Å². The molecule has 1 amide bonds. The Labute approximate surface area is 120 Å². The van der Waals surface area contributed by atoms with Crippen molar-refractivity contribution in [1.29, 1.82) is 0 Å². The lowest BCUT2D eigenvalue weighted by atomic mass is 10.1. The van der Waals surface area contributed by atoms with Crippen molar-refractivity contribution in [3.05, 3.63) is 28.2 Å². The van der Waals surface area contributed by atoms with Crippen LogP contribution in [0.2, 0.25) is 0 Å². The molecule has 1 heterocycles. The molecule has 2 rings (SSSR count). The zero-order valence-corrected chi connectivity index (χ0v) is 12.8. The molecule has 0 aliphatic carbocycles. The fourth-order valence-electron chi connectivity index (χ4n) is 2.02. The number of hydrogen-bond acceptors (Lipinski definition) is 3. The van der Waals surface area contributed by atoms with Crippen LogP contribution >= 0.6 is 27.7 Å². The molecule has 0 spiro atoms. The molecule has 1 saturated heterocycles. The third-order valence-corrected chi connectivity index (χ3v) is 4.87. The molecule has 1 aliphatic rings. The quantitative estimate of drug-likeness (QED) is 0.860. The van der Waals surface area contributed by atoms with Gasteiger partial charge < -0.3 is 10.0 Å². The van der Waals surface area contributed by atoms with E-state index in [2.05, 4.69) is 29.8 Å². The molecule has 0 aromatic heterocycles. The minimum atomic E-state index is -0.00817. The van der Waals surface area contributed by atoms with Gasteiger partial charge in [-0.05, 0) is 48.0 Å². The van der Waals surface area contributed by atoms with Gasteiger partial charge in [-0.2, -0.15) is 11.8 Å². The smallest absolute Gasteiger partial charge is 0.254 e. The van der Waals surface area contributed by atoms with Gasteiger partial charge in [0.2, 0.25) is 0 Å². The predicted octanol–water partition coefficient (Wildman–Crippen LogP) is 3.12. The Kier molecular flexibility index (Phi) is 3.92. The molecular weight excluding hydrogens is 314 g/mol. The van der Waals surface area contributed by atoms with Gasteiger partial charge in [0.15, 0.2) is 0 Å². The minimum Gasteiger partial charge on any atom is -0.507 e. The van der Waals surface area contributed by atoms with Crippen molar-refractivity contribution in [3.8, 4) is 5.75 Å². The van der Waals surface area contributed by atoms with Crippen molar-refractivity contribution in [2.24, 2.45) is 0 Å². The molecule has 1 N–H and O–H groups in total. The number of thioether (sulfide) groups is 1. The first-order valence-corrected chi connectivity index (χ1v) is 7.59. The van der Waals surface area contributed by atoms with Crippen LogP contribution in [-0.2, 0) is 0 Å². The average Bonchev–Trinajstić information content (AvgIpc) is 2.30. The summed E-state index contributed by atoms with van der Waals surface area (Å²) < 4.78 is 0.708. The molecular formula is C13H16BrNO2S. The van der Waals surface area contributed by atoms with Crippen molar-refractivity contribution in [2.75, 3.05) is 18.8 Å². The molecule has 98 valence electrons. The molecule has 0 unspecified atom stereocenters. The van der Waals surface area contributed by atoms with Crippen LogP contribution in [0.5, 0.6) is 5.75 Å². The summed E-state index contributed by atoms with van der Waals surface area (Å²) in [5, 5.41) is 9.63. The van der Waals surface area contributed by atoms with Gasteiger partial charge in [-0.15, -0.1) is 0 Å². The normalized spacial score (nSPS) is 18.7. The van der Waals surface area contributed by atoms with Gasteiger partial charge in [-0.25, -0.2) is 0 Å². The molecule has 0 atom stereocenters. The van der Waals surface area contributed by atoms with E-state index in [1.54, 1.807) is 12.1 Å². The minimum absolute atomic E-state index is 0.00817. The van der Waals surface area contributed by atoms with E-state index in [1.165, 1.54) is 6.07 Å². The van der Waals surface area contributed by atoms with Crippen molar-refractivity contribution >= 4 is 33.6 Å². The summed E-state index contributed by atoms with van der Waals surface area (Å²) in [7, 11) is 0. The van der Waals surface area contributed by atoms with Crippen LogP contribution in [0.15, 0.2) is 22.7 Å². The SMILES string of the molecule is CC1(C)CN(C(=O)c2ccc(Br)c(O)c2)CCS1. The van der Waals surface area contributed by atoms with Crippen LogP contribution in [0.3, 0.4) is 0 Å². The highest BCUT2D eigenvalue weighted by atomic mass is 79.9. The summed E-state index contributed by atoms with van der Waals surface area (Å²) in [4.78, 5) is 14.2. The van der Waals surface area contributed by atoms with E-state index in [1.807, 2.05) is 16.7 Å². The van der Waals surface area contributed by atoms with E-state index in [0.29, 0.717) is 10.0 Å². The predicted molar refractivity (Wildman–Crippen MR) is 78.2 cm³/mol. The first-order chi connectivity index (χ1) is 8.39. The maximum absolute atomic E-state index is 12.3. The lowest BCUT2D eigenvalue weighted by Gasteiger charge is -2.37. The van der Waals surface area contributed by atoms with Crippen LogP contribution in [0.4, 0.5) is 0 Å². The van der Waals surface area contributed by atoms with E-state index >= 15 is 0 Å². The van der Waals surface area contributed by atoms with E-state index < -0.39 is 0 Å².